The molecule has 17 rings (SSSR count). The fraction of sp³-hybridized carbons (Fsp3) is 0.0842. The summed E-state index contributed by atoms with van der Waals surface area (Å²) in [5.41, 5.74) is 30.9. The van der Waals surface area contributed by atoms with Crippen molar-refractivity contribution in [1.29, 1.82) is 0 Å². The van der Waals surface area contributed by atoms with Gasteiger partial charge < -0.3 is 8.83 Å². The van der Waals surface area contributed by atoms with Gasteiger partial charge in [0.25, 0.3) is 0 Å². The van der Waals surface area contributed by atoms with Crippen LogP contribution in [0.4, 0.5) is 0 Å². The Balaban J connectivity index is 0.915. The molecule has 0 atom stereocenters. The van der Waals surface area contributed by atoms with Crippen molar-refractivity contribution in [2.45, 2.75) is 52.4 Å². The molecule has 0 saturated heterocycles. The minimum absolute atomic E-state index is 0.0730. The van der Waals surface area contributed by atoms with Crippen LogP contribution >= 0.6 is 0 Å². The molecule has 5 heteroatoms. The van der Waals surface area contributed by atoms with Gasteiger partial charge in [0.1, 0.15) is 22.3 Å². The number of nitrogens with zero attached hydrogens (tertiary/aromatic N) is 3. The molecule has 0 aliphatic rings. The number of fused-ring (bicyclic) bond motifs is 6. The molecule has 478 valence electrons. The molecule has 0 aliphatic carbocycles. The number of aromatic nitrogens is 3. The lowest BCUT2D eigenvalue weighted by Gasteiger charge is -2.21. The predicted molar refractivity (Wildman–Crippen MR) is 417 cm³/mol. The largest absolute Gasteiger partial charge is 0.455 e. The van der Waals surface area contributed by atoms with Gasteiger partial charge in [0.05, 0.1) is 17.1 Å². The first-order valence-electron chi connectivity index (χ1n) is 34.4. The molecule has 12 aromatic carbocycles. The molecule has 100 heavy (non-hydrogen) atoms. The van der Waals surface area contributed by atoms with Crippen molar-refractivity contribution in [1.82, 2.24) is 15.0 Å². The van der Waals surface area contributed by atoms with E-state index >= 15 is 0 Å². The van der Waals surface area contributed by atoms with E-state index < -0.39 is 0 Å². The average molecular weight is 1290 g/mol. The van der Waals surface area contributed by atoms with Gasteiger partial charge in [-0.05, 0) is 196 Å². The fourth-order valence-electron chi connectivity index (χ4n) is 14.7. The summed E-state index contributed by atoms with van der Waals surface area (Å²) >= 11 is 0. The lowest BCUT2D eigenvalue weighted by Crippen LogP contribution is -2.11. The zero-order chi connectivity index (χ0) is 67.6. The lowest BCUT2D eigenvalue weighted by atomic mass is 9.83. The molecule has 5 aromatic heterocycles. The van der Waals surface area contributed by atoms with Gasteiger partial charge in [-0.2, -0.15) is 0 Å². The summed E-state index contributed by atoms with van der Waals surface area (Å²) in [7, 11) is 0. The molecule has 0 bridgehead atoms. The highest BCUT2D eigenvalue weighted by molar-refractivity contribution is 6.13. The number of pyridine rings is 3. The van der Waals surface area contributed by atoms with E-state index in [1.165, 1.54) is 11.1 Å². The molecular weight excluding hydrogens is 1220 g/mol. The second kappa shape index (κ2) is 25.0. The third-order valence-electron chi connectivity index (χ3n) is 19.9. The smallest absolute Gasteiger partial charge is 0.143 e. The van der Waals surface area contributed by atoms with Crippen LogP contribution in [0.1, 0.15) is 52.7 Å². The zero-order valence-corrected chi connectivity index (χ0v) is 56.8. The molecule has 5 nitrogen and oxygen atoms in total. The molecule has 17 aromatic rings. The van der Waals surface area contributed by atoms with E-state index in [4.69, 9.17) is 23.8 Å². The van der Waals surface area contributed by atoms with Crippen LogP contribution in [0.2, 0.25) is 0 Å². The highest BCUT2D eigenvalue weighted by Crippen LogP contribution is 2.50. The summed E-state index contributed by atoms with van der Waals surface area (Å²) in [5, 5.41) is 4.31. The molecule has 0 N–H and O–H groups in total. The van der Waals surface area contributed by atoms with Crippen LogP contribution in [0, 0.1) is 0 Å². The van der Waals surface area contributed by atoms with Crippen LogP contribution in [0.25, 0.3) is 178 Å². The van der Waals surface area contributed by atoms with Crippen LogP contribution in [-0.2, 0) is 10.8 Å². The third kappa shape index (κ3) is 11.3. The highest BCUT2D eigenvalue weighted by atomic mass is 16.3. The normalized spacial score (nSPS) is 11.9. The number of para-hydroxylation sites is 4. The van der Waals surface area contributed by atoms with E-state index in [9.17, 15) is 0 Å². The van der Waals surface area contributed by atoms with Crippen molar-refractivity contribution < 1.29 is 8.83 Å². The summed E-state index contributed by atoms with van der Waals surface area (Å²) < 4.78 is 13.9. The van der Waals surface area contributed by atoms with Gasteiger partial charge in [-0.1, -0.05) is 260 Å². The van der Waals surface area contributed by atoms with Crippen LogP contribution in [0.5, 0.6) is 0 Å². The van der Waals surface area contributed by atoms with Crippen molar-refractivity contribution >= 4 is 43.9 Å². The molecule has 0 fully saturated rings. The minimum atomic E-state index is -0.0730. The molecular formula is C95H71N3O2. The number of benzene rings is 12. The van der Waals surface area contributed by atoms with E-state index in [-0.39, 0.29) is 10.8 Å². The van der Waals surface area contributed by atoms with E-state index in [2.05, 4.69) is 327 Å². The van der Waals surface area contributed by atoms with Crippen molar-refractivity contribution in [2.24, 2.45) is 0 Å². The average Bonchev–Trinajstić information content (AvgIpc) is 1.32. The van der Waals surface area contributed by atoms with E-state index in [1.807, 2.05) is 36.8 Å². The number of rotatable bonds is 12. The van der Waals surface area contributed by atoms with Gasteiger partial charge in [-0.25, -0.2) is 0 Å². The van der Waals surface area contributed by atoms with Gasteiger partial charge in [0, 0.05) is 68.0 Å². The van der Waals surface area contributed by atoms with Crippen molar-refractivity contribution in [3.8, 4) is 134 Å². The van der Waals surface area contributed by atoms with E-state index in [0.29, 0.717) is 0 Å². The topological polar surface area (TPSA) is 65.0 Å². The Morgan fingerprint density at radius 1 is 0.210 bits per heavy atom. The molecule has 0 spiro atoms. The maximum absolute atomic E-state index is 6.93. The first-order chi connectivity index (χ1) is 48.8. The highest BCUT2D eigenvalue weighted by Gasteiger charge is 2.25. The zero-order valence-electron chi connectivity index (χ0n) is 56.8. The monoisotopic (exact) mass is 1290 g/mol. The Morgan fingerprint density at radius 2 is 0.560 bits per heavy atom. The summed E-state index contributed by atoms with van der Waals surface area (Å²) in [6, 6.07) is 110. The van der Waals surface area contributed by atoms with Crippen molar-refractivity contribution in [3.05, 3.63) is 333 Å². The Kier molecular flexibility index (Phi) is 15.3. The Labute approximate surface area is 583 Å². The standard InChI is InChI=1S/C95H71N3O2/c1-94(2,3)67-47-50-97-88(58-67)62-42-45-76(85(56-62)82-36-22-34-80-78-32-16-18-39-90(78)99-92(80)82)73-30-14-11-27-70(73)65-52-64(69-26-10-13-29-72(69)75-44-41-61(87-38-20-21-49-96-87)55-84(75)60-24-8-7-9-25-60)53-66(54-65)71-28-12-15-31-74(71)77-46-43-63(89-59-68(48-51-98-89)95(4,5)6)57-86(77)83-37-23-35-81-79-33-17-19-40-91(79)100-93(81)83/h7-59H,1-6H3. The minimum Gasteiger partial charge on any atom is -0.455 e. The van der Waals surface area contributed by atoms with Crippen LogP contribution in [0.15, 0.2) is 331 Å². The van der Waals surface area contributed by atoms with Gasteiger partial charge in [0.15, 0.2) is 0 Å². The summed E-state index contributed by atoms with van der Waals surface area (Å²) in [4.78, 5) is 14.9. The molecule has 0 radical (unpaired) electrons. The fourth-order valence-corrected chi connectivity index (χ4v) is 14.7. The predicted octanol–water partition coefficient (Wildman–Crippen LogP) is 26.3. The van der Waals surface area contributed by atoms with Gasteiger partial charge in [-0.3, -0.25) is 15.0 Å². The van der Waals surface area contributed by atoms with E-state index in [0.717, 1.165) is 178 Å². The van der Waals surface area contributed by atoms with Crippen LogP contribution < -0.4 is 0 Å². The first kappa shape index (κ1) is 61.3. The lowest BCUT2D eigenvalue weighted by molar-refractivity contribution is 0.589. The summed E-state index contributed by atoms with van der Waals surface area (Å²) in [5.74, 6) is 0. The molecule has 0 aliphatic heterocycles. The van der Waals surface area contributed by atoms with E-state index in [1.54, 1.807) is 0 Å². The molecule has 5 heterocycles. The Hall–Kier alpha value is -12.3. The van der Waals surface area contributed by atoms with Crippen molar-refractivity contribution in [2.75, 3.05) is 0 Å². The molecule has 0 saturated carbocycles. The third-order valence-corrected chi connectivity index (χ3v) is 19.9. The number of hydrogen-bond donors (Lipinski definition) is 0. The van der Waals surface area contributed by atoms with Crippen LogP contribution in [-0.4, -0.2) is 15.0 Å². The molecule has 0 amide bonds. The van der Waals surface area contributed by atoms with Gasteiger partial charge in [-0.15, -0.1) is 0 Å². The van der Waals surface area contributed by atoms with Gasteiger partial charge in [0.2, 0.25) is 0 Å². The second-order valence-corrected chi connectivity index (χ2v) is 28.2. The van der Waals surface area contributed by atoms with Gasteiger partial charge >= 0.3 is 0 Å². The Bertz CT molecular complexity index is 5720. The summed E-state index contributed by atoms with van der Waals surface area (Å²) in [6.07, 6.45) is 5.76. The van der Waals surface area contributed by atoms with Crippen LogP contribution in [0.3, 0.4) is 0 Å². The first-order valence-corrected chi connectivity index (χ1v) is 34.4. The maximum Gasteiger partial charge on any atom is 0.143 e. The number of hydrogen-bond acceptors (Lipinski definition) is 5. The summed E-state index contributed by atoms with van der Waals surface area (Å²) in [6.45, 7) is 13.5. The SMILES string of the molecule is CC(C)(C)c1ccnc(-c2ccc(-c3ccccc3-c3cc(-c4ccccc4-c4ccc(-c5ccccn5)cc4-c4ccccc4)cc(-c4ccccc4-c4ccc(-c5cc(C(C)(C)C)ccn5)cc4-c4cccc5c4oc4ccccc45)c3)c(-c3cccc4c3oc3ccccc34)c2)c1. The maximum atomic E-state index is 6.93. The molecule has 0 unspecified atom stereocenters. The Morgan fingerprint density at radius 3 is 1.00 bits per heavy atom. The quantitative estimate of drug-likeness (QED) is 0.122. The second-order valence-electron chi connectivity index (χ2n) is 28.2. The van der Waals surface area contributed by atoms with Crippen molar-refractivity contribution in [3.63, 3.8) is 0 Å². The number of furan rings is 2.